The number of Topliss-reactive ketones (excluding diaryl/α,β-unsaturated/α-hetero) is 1. The molecule has 0 atom stereocenters. The first-order valence-corrected chi connectivity index (χ1v) is 5.66. The van der Waals surface area contributed by atoms with Gasteiger partial charge in [-0.2, -0.15) is 19.1 Å². The van der Waals surface area contributed by atoms with Gasteiger partial charge in [0.1, 0.15) is 0 Å². The number of alkyl halides is 3. The van der Waals surface area contributed by atoms with Crippen molar-refractivity contribution in [2.24, 2.45) is 11.3 Å². The first kappa shape index (κ1) is 16.2. The fourth-order valence-corrected chi connectivity index (χ4v) is 1.66. The Hall–Kier alpha value is -1.89. The molecule has 0 heterocycles. The van der Waals surface area contributed by atoms with E-state index in [1.54, 1.807) is 0 Å². The first-order chi connectivity index (χ1) is 9.00. The zero-order valence-electron chi connectivity index (χ0n) is 11.2. The Balaban J connectivity index is 3.62. The van der Waals surface area contributed by atoms with E-state index in [4.69, 9.17) is 0 Å². The van der Waals surface area contributed by atoms with E-state index in [9.17, 15) is 22.8 Å². The lowest BCUT2D eigenvalue weighted by atomic mass is 9.83. The minimum Gasteiger partial charge on any atom is -0.370 e. The summed E-state index contributed by atoms with van der Waals surface area (Å²) in [5.41, 5.74) is -3.42. The Kier molecular flexibility index (Phi) is 4.24. The molecule has 4 nitrogen and oxygen atoms in total. The van der Waals surface area contributed by atoms with Crippen LogP contribution in [0, 0.1) is 5.41 Å². The zero-order chi connectivity index (χ0) is 15.7. The van der Waals surface area contributed by atoms with E-state index in [1.807, 2.05) is 0 Å². The SMILES string of the molecule is CC(C)(C)C(=O)c1cccc(C(F)(F)F)c1C(=O)ON. The van der Waals surface area contributed by atoms with E-state index < -0.39 is 34.5 Å². The van der Waals surface area contributed by atoms with Gasteiger partial charge in [-0.05, 0) is 6.07 Å². The van der Waals surface area contributed by atoms with Crippen molar-refractivity contribution in [2.45, 2.75) is 26.9 Å². The maximum atomic E-state index is 12.9. The summed E-state index contributed by atoms with van der Waals surface area (Å²) >= 11 is 0. The molecule has 0 saturated heterocycles. The normalized spacial score (nSPS) is 12.2. The fraction of sp³-hybridized carbons (Fsp3) is 0.385. The molecule has 0 unspecified atom stereocenters. The van der Waals surface area contributed by atoms with Gasteiger partial charge in [0.05, 0.1) is 11.1 Å². The Morgan fingerprint density at radius 1 is 1.15 bits per heavy atom. The predicted molar refractivity (Wildman–Crippen MR) is 64.8 cm³/mol. The molecule has 0 aliphatic rings. The number of hydrogen-bond donors (Lipinski definition) is 1. The summed E-state index contributed by atoms with van der Waals surface area (Å²) in [5, 5.41) is 0. The van der Waals surface area contributed by atoms with Crippen molar-refractivity contribution in [2.75, 3.05) is 0 Å². The molecular formula is C13H14F3NO3. The van der Waals surface area contributed by atoms with Crippen LogP contribution in [-0.2, 0) is 11.0 Å². The second-order valence-corrected chi connectivity index (χ2v) is 5.21. The summed E-state index contributed by atoms with van der Waals surface area (Å²) in [6.07, 6.45) is -4.79. The quantitative estimate of drug-likeness (QED) is 0.671. The maximum Gasteiger partial charge on any atom is 0.417 e. The Morgan fingerprint density at radius 2 is 1.70 bits per heavy atom. The van der Waals surface area contributed by atoms with Crippen molar-refractivity contribution in [1.29, 1.82) is 0 Å². The predicted octanol–water partition coefficient (Wildman–Crippen LogP) is 2.96. The Bertz CT molecular complexity index is 545. The van der Waals surface area contributed by atoms with Crippen LogP contribution in [0.15, 0.2) is 18.2 Å². The smallest absolute Gasteiger partial charge is 0.370 e. The number of ketones is 1. The van der Waals surface area contributed by atoms with Gasteiger partial charge in [0.15, 0.2) is 5.78 Å². The molecule has 0 aliphatic carbocycles. The van der Waals surface area contributed by atoms with Crippen LogP contribution in [0.1, 0.15) is 47.1 Å². The highest BCUT2D eigenvalue weighted by Gasteiger charge is 2.39. The molecule has 2 N–H and O–H groups in total. The van der Waals surface area contributed by atoms with E-state index in [-0.39, 0.29) is 5.56 Å². The summed E-state index contributed by atoms with van der Waals surface area (Å²) in [6.45, 7) is 4.60. The van der Waals surface area contributed by atoms with Crippen LogP contribution in [0.25, 0.3) is 0 Å². The molecule has 1 rings (SSSR count). The van der Waals surface area contributed by atoms with Gasteiger partial charge < -0.3 is 4.84 Å². The van der Waals surface area contributed by atoms with Gasteiger partial charge in [0.25, 0.3) is 0 Å². The van der Waals surface area contributed by atoms with Gasteiger partial charge in [0.2, 0.25) is 0 Å². The highest BCUT2D eigenvalue weighted by atomic mass is 19.4. The van der Waals surface area contributed by atoms with Gasteiger partial charge in [-0.3, -0.25) is 4.79 Å². The van der Waals surface area contributed by atoms with Gasteiger partial charge in [-0.15, -0.1) is 0 Å². The number of halogens is 3. The Morgan fingerprint density at radius 3 is 2.10 bits per heavy atom. The van der Waals surface area contributed by atoms with E-state index in [2.05, 4.69) is 10.7 Å². The molecule has 20 heavy (non-hydrogen) atoms. The van der Waals surface area contributed by atoms with Crippen LogP contribution in [0.3, 0.4) is 0 Å². The largest absolute Gasteiger partial charge is 0.417 e. The maximum absolute atomic E-state index is 12.9. The van der Waals surface area contributed by atoms with Crippen LogP contribution in [-0.4, -0.2) is 11.8 Å². The minimum absolute atomic E-state index is 0.359. The highest BCUT2D eigenvalue weighted by Crippen LogP contribution is 2.35. The molecule has 0 bridgehead atoms. The number of carbonyl (C=O) groups is 2. The molecular weight excluding hydrogens is 275 g/mol. The topological polar surface area (TPSA) is 69.4 Å². The molecule has 0 aliphatic heterocycles. The van der Waals surface area contributed by atoms with Gasteiger partial charge in [-0.1, -0.05) is 32.9 Å². The summed E-state index contributed by atoms with van der Waals surface area (Å²) in [7, 11) is 0. The number of benzene rings is 1. The lowest BCUT2D eigenvalue weighted by Gasteiger charge is -2.20. The second kappa shape index (κ2) is 5.24. The third-order valence-corrected chi connectivity index (χ3v) is 2.61. The average molecular weight is 289 g/mol. The Labute approximate surface area is 113 Å². The van der Waals surface area contributed by atoms with Gasteiger partial charge in [0, 0.05) is 11.0 Å². The highest BCUT2D eigenvalue weighted by molar-refractivity contribution is 6.09. The number of carbonyl (C=O) groups excluding carboxylic acids is 2. The molecule has 0 spiro atoms. The number of hydrogen-bond acceptors (Lipinski definition) is 4. The van der Waals surface area contributed by atoms with Crippen LogP contribution >= 0.6 is 0 Å². The molecule has 0 fully saturated rings. The zero-order valence-corrected chi connectivity index (χ0v) is 11.2. The summed E-state index contributed by atoms with van der Waals surface area (Å²) < 4.78 is 38.8. The third-order valence-electron chi connectivity index (χ3n) is 2.61. The molecule has 7 heteroatoms. The molecule has 110 valence electrons. The minimum atomic E-state index is -4.79. The summed E-state index contributed by atoms with van der Waals surface area (Å²) in [6, 6.07) is 2.91. The molecule has 1 aromatic carbocycles. The van der Waals surface area contributed by atoms with Gasteiger partial charge >= 0.3 is 12.1 Å². The van der Waals surface area contributed by atoms with Crippen molar-refractivity contribution < 1.29 is 27.6 Å². The molecule has 1 aromatic rings. The van der Waals surface area contributed by atoms with Crippen molar-refractivity contribution in [3.63, 3.8) is 0 Å². The fourth-order valence-electron chi connectivity index (χ4n) is 1.66. The lowest BCUT2D eigenvalue weighted by molar-refractivity contribution is -0.138. The van der Waals surface area contributed by atoms with Crippen molar-refractivity contribution in [3.8, 4) is 0 Å². The lowest BCUT2D eigenvalue weighted by Crippen LogP contribution is -2.26. The van der Waals surface area contributed by atoms with Crippen LogP contribution < -0.4 is 5.90 Å². The standard InChI is InChI=1S/C13H14F3NO3/c1-12(2,3)10(18)7-5-4-6-8(13(14,15)16)9(7)11(19)20-17/h4-6H,17H2,1-3H3. The average Bonchev–Trinajstić information content (AvgIpc) is 2.33. The number of nitrogens with two attached hydrogens (primary N) is 1. The monoisotopic (exact) mass is 289 g/mol. The van der Waals surface area contributed by atoms with Crippen molar-refractivity contribution >= 4 is 11.8 Å². The van der Waals surface area contributed by atoms with Crippen LogP contribution in [0.5, 0.6) is 0 Å². The third kappa shape index (κ3) is 3.16. The molecule has 0 saturated carbocycles. The molecule has 0 aromatic heterocycles. The second-order valence-electron chi connectivity index (χ2n) is 5.21. The van der Waals surface area contributed by atoms with E-state index in [1.165, 1.54) is 20.8 Å². The van der Waals surface area contributed by atoms with Crippen LogP contribution in [0.2, 0.25) is 0 Å². The van der Waals surface area contributed by atoms with E-state index in [0.29, 0.717) is 6.07 Å². The summed E-state index contributed by atoms with van der Waals surface area (Å²) in [4.78, 5) is 27.6. The van der Waals surface area contributed by atoms with E-state index in [0.717, 1.165) is 12.1 Å². The summed E-state index contributed by atoms with van der Waals surface area (Å²) in [5.74, 6) is 2.66. The molecule has 0 radical (unpaired) electrons. The first-order valence-electron chi connectivity index (χ1n) is 5.66. The van der Waals surface area contributed by atoms with Crippen molar-refractivity contribution in [3.05, 3.63) is 34.9 Å². The van der Waals surface area contributed by atoms with Crippen LogP contribution in [0.4, 0.5) is 13.2 Å². The van der Waals surface area contributed by atoms with Crippen molar-refractivity contribution in [1.82, 2.24) is 0 Å². The van der Waals surface area contributed by atoms with Gasteiger partial charge in [-0.25, -0.2) is 4.79 Å². The molecule has 0 amide bonds. The number of rotatable bonds is 2. The van der Waals surface area contributed by atoms with E-state index >= 15 is 0 Å².